The number of methoxy groups -OCH3 is 1. The molecule has 138 valence electrons. The number of halogens is 3. The van der Waals surface area contributed by atoms with Gasteiger partial charge in [0.1, 0.15) is 23.1 Å². The van der Waals surface area contributed by atoms with E-state index >= 15 is 0 Å². The van der Waals surface area contributed by atoms with Crippen molar-refractivity contribution >= 4 is 34.6 Å². The number of benzene rings is 2. The third-order valence-corrected chi connectivity index (χ3v) is 3.85. The topological polar surface area (TPSA) is 63.2 Å². The molecular formula is C19H14ClF2N3O2. The lowest BCUT2D eigenvalue weighted by Gasteiger charge is -2.12. The summed E-state index contributed by atoms with van der Waals surface area (Å²) < 4.78 is 31.9. The molecule has 2 aromatic carbocycles. The number of pyridine rings is 1. The second kappa shape index (κ2) is 8.01. The lowest BCUT2D eigenvalue weighted by atomic mass is 10.2. The molecule has 5 nitrogen and oxygen atoms in total. The van der Waals surface area contributed by atoms with E-state index in [9.17, 15) is 13.6 Å². The molecule has 0 radical (unpaired) electrons. The van der Waals surface area contributed by atoms with E-state index in [2.05, 4.69) is 15.6 Å². The standard InChI is InChI=1S/C19H14ClF2N3O2/c1-27-18-5-2-11(20)8-16(18)24-13-6-7-23-17(10-13)19(26)25-15-4-3-12(21)9-14(15)22/h2-10H,1H3,(H,23,24)(H,25,26). The molecule has 3 aromatic rings. The Morgan fingerprint density at radius 3 is 2.63 bits per heavy atom. The predicted molar refractivity (Wildman–Crippen MR) is 99.8 cm³/mol. The Bertz CT molecular complexity index is 998. The van der Waals surface area contributed by atoms with Crippen molar-refractivity contribution in [2.24, 2.45) is 0 Å². The van der Waals surface area contributed by atoms with Crippen LogP contribution in [0.25, 0.3) is 0 Å². The molecule has 0 unspecified atom stereocenters. The maximum absolute atomic E-state index is 13.7. The summed E-state index contributed by atoms with van der Waals surface area (Å²) in [5.74, 6) is -1.68. The van der Waals surface area contributed by atoms with Crippen LogP contribution < -0.4 is 15.4 Å². The number of hydrogen-bond donors (Lipinski definition) is 2. The van der Waals surface area contributed by atoms with Crippen LogP contribution in [0.3, 0.4) is 0 Å². The van der Waals surface area contributed by atoms with Crippen molar-refractivity contribution in [2.45, 2.75) is 0 Å². The zero-order valence-electron chi connectivity index (χ0n) is 14.1. The van der Waals surface area contributed by atoms with E-state index in [1.807, 2.05) is 0 Å². The lowest BCUT2D eigenvalue weighted by Crippen LogP contribution is -2.15. The second-order valence-corrected chi connectivity index (χ2v) is 5.91. The maximum atomic E-state index is 13.7. The zero-order chi connectivity index (χ0) is 19.4. The molecule has 0 saturated heterocycles. The van der Waals surface area contributed by atoms with E-state index in [4.69, 9.17) is 16.3 Å². The Kier molecular flexibility index (Phi) is 5.52. The summed E-state index contributed by atoms with van der Waals surface area (Å²) in [6, 6.07) is 11.1. The van der Waals surface area contributed by atoms with Gasteiger partial charge in [-0.3, -0.25) is 9.78 Å². The van der Waals surface area contributed by atoms with Gasteiger partial charge in [-0.15, -0.1) is 0 Å². The van der Waals surface area contributed by atoms with E-state index in [1.54, 1.807) is 24.3 Å². The Balaban J connectivity index is 1.81. The van der Waals surface area contributed by atoms with E-state index in [0.717, 1.165) is 12.1 Å². The first-order valence-electron chi connectivity index (χ1n) is 7.79. The number of nitrogens with one attached hydrogen (secondary N) is 2. The fourth-order valence-electron chi connectivity index (χ4n) is 2.34. The molecule has 1 heterocycles. The number of amides is 1. The summed E-state index contributed by atoms with van der Waals surface area (Å²) in [6.07, 6.45) is 1.43. The van der Waals surface area contributed by atoms with Gasteiger partial charge in [-0.05, 0) is 42.5 Å². The van der Waals surface area contributed by atoms with Crippen LogP contribution in [0.4, 0.5) is 25.8 Å². The van der Waals surface area contributed by atoms with Crippen LogP contribution in [0.2, 0.25) is 5.02 Å². The molecule has 0 atom stereocenters. The minimum absolute atomic E-state index is 0.0460. The number of rotatable bonds is 5. The van der Waals surface area contributed by atoms with Gasteiger partial charge >= 0.3 is 0 Å². The van der Waals surface area contributed by atoms with E-state index in [1.165, 1.54) is 19.4 Å². The fraction of sp³-hybridized carbons (Fsp3) is 0.0526. The summed E-state index contributed by atoms with van der Waals surface area (Å²) in [5, 5.41) is 5.96. The number of hydrogen-bond acceptors (Lipinski definition) is 4. The number of anilines is 3. The maximum Gasteiger partial charge on any atom is 0.274 e. The highest BCUT2D eigenvalue weighted by Gasteiger charge is 2.13. The molecule has 27 heavy (non-hydrogen) atoms. The van der Waals surface area contributed by atoms with Crippen LogP contribution in [0.15, 0.2) is 54.7 Å². The van der Waals surface area contributed by atoms with Gasteiger partial charge in [0.2, 0.25) is 0 Å². The van der Waals surface area contributed by atoms with Gasteiger partial charge in [0.25, 0.3) is 5.91 Å². The van der Waals surface area contributed by atoms with Crippen molar-refractivity contribution in [1.82, 2.24) is 4.98 Å². The minimum Gasteiger partial charge on any atom is -0.495 e. The molecule has 3 rings (SSSR count). The van der Waals surface area contributed by atoms with Crippen LogP contribution in [-0.2, 0) is 0 Å². The molecule has 0 aliphatic rings. The minimum atomic E-state index is -0.874. The smallest absolute Gasteiger partial charge is 0.274 e. The van der Waals surface area contributed by atoms with E-state index in [-0.39, 0.29) is 11.4 Å². The summed E-state index contributed by atoms with van der Waals surface area (Å²) >= 11 is 6.00. The first kappa shape index (κ1) is 18.6. The van der Waals surface area contributed by atoms with Gasteiger partial charge in [0, 0.05) is 23.0 Å². The van der Waals surface area contributed by atoms with E-state index in [0.29, 0.717) is 28.2 Å². The number of nitrogens with zero attached hydrogens (tertiary/aromatic N) is 1. The average Bonchev–Trinajstić information content (AvgIpc) is 2.64. The quantitative estimate of drug-likeness (QED) is 0.643. The predicted octanol–water partition coefficient (Wildman–Crippen LogP) is 5.02. The van der Waals surface area contributed by atoms with Crippen molar-refractivity contribution in [3.05, 3.63) is 77.1 Å². The second-order valence-electron chi connectivity index (χ2n) is 5.48. The number of carbonyl (C=O) groups is 1. The van der Waals surface area contributed by atoms with Crippen LogP contribution in [0.1, 0.15) is 10.5 Å². The molecule has 0 saturated carbocycles. The van der Waals surface area contributed by atoms with Crippen molar-refractivity contribution in [2.75, 3.05) is 17.7 Å². The lowest BCUT2D eigenvalue weighted by molar-refractivity contribution is 0.102. The number of aromatic nitrogens is 1. The first-order valence-corrected chi connectivity index (χ1v) is 8.17. The highest BCUT2D eigenvalue weighted by molar-refractivity contribution is 6.31. The van der Waals surface area contributed by atoms with Crippen LogP contribution in [0.5, 0.6) is 5.75 Å². The largest absolute Gasteiger partial charge is 0.495 e. The number of carbonyl (C=O) groups excluding carboxylic acids is 1. The number of ether oxygens (including phenoxy) is 1. The average molecular weight is 390 g/mol. The normalized spacial score (nSPS) is 10.4. The summed E-state index contributed by atoms with van der Waals surface area (Å²) in [5.41, 5.74) is 1.06. The first-order chi connectivity index (χ1) is 13.0. The van der Waals surface area contributed by atoms with Crippen LogP contribution in [0, 0.1) is 11.6 Å². The Hall–Kier alpha value is -3.19. The molecule has 0 aliphatic heterocycles. The molecule has 1 aromatic heterocycles. The van der Waals surface area contributed by atoms with Gasteiger partial charge in [-0.1, -0.05) is 11.6 Å². The van der Waals surface area contributed by atoms with Gasteiger partial charge in [0.05, 0.1) is 18.5 Å². The van der Waals surface area contributed by atoms with Gasteiger partial charge in [-0.25, -0.2) is 8.78 Å². The molecule has 0 bridgehead atoms. The van der Waals surface area contributed by atoms with Crippen molar-refractivity contribution in [3.8, 4) is 5.75 Å². The summed E-state index contributed by atoms with van der Waals surface area (Å²) in [6.45, 7) is 0. The Morgan fingerprint density at radius 1 is 1.07 bits per heavy atom. The molecule has 0 aliphatic carbocycles. The zero-order valence-corrected chi connectivity index (χ0v) is 14.8. The molecular weight excluding hydrogens is 376 g/mol. The van der Waals surface area contributed by atoms with Gasteiger partial charge in [0.15, 0.2) is 0 Å². The SMILES string of the molecule is COc1ccc(Cl)cc1Nc1ccnc(C(=O)Nc2ccc(F)cc2F)c1. The highest BCUT2D eigenvalue weighted by Crippen LogP contribution is 2.30. The van der Waals surface area contributed by atoms with E-state index < -0.39 is 17.5 Å². The Morgan fingerprint density at radius 2 is 1.89 bits per heavy atom. The highest BCUT2D eigenvalue weighted by atomic mass is 35.5. The van der Waals surface area contributed by atoms with Crippen molar-refractivity contribution in [3.63, 3.8) is 0 Å². The van der Waals surface area contributed by atoms with Gasteiger partial charge in [-0.2, -0.15) is 0 Å². The molecule has 1 amide bonds. The Labute approximate surface area is 159 Å². The molecule has 0 fully saturated rings. The van der Waals surface area contributed by atoms with Crippen molar-refractivity contribution in [1.29, 1.82) is 0 Å². The fourth-order valence-corrected chi connectivity index (χ4v) is 2.52. The molecule has 0 spiro atoms. The van der Waals surface area contributed by atoms with Crippen LogP contribution >= 0.6 is 11.6 Å². The summed E-state index contributed by atoms with van der Waals surface area (Å²) in [4.78, 5) is 16.3. The third-order valence-electron chi connectivity index (χ3n) is 3.61. The monoisotopic (exact) mass is 389 g/mol. The molecule has 8 heteroatoms. The van der Waals surface area contributed by atoms with Crippen LogP contribution in [-0.4, -0.2) is 18.0 Å². The summed E-state index contributed by atoms with van der Waals surface area (Å²) in [7, 11) is 1.52. The van der Waals surface area contributed by atoms with Crippen molar-refractivity contribution < 1.29 is 18.3 Å². The van der Waals surface area contributed by atoms with Gasteiger partial charge < -0.3 is 15.4 Å². The molecule has 2 N–H and O–H groups in total. The third kappa shape index (κ3) is 4.51.